The molecule has 0 saturated heterocycles. The van der Waals surface area contributed by atoms with Crippen molar-refractivity contribution in [3.63, 3.8) is 0 Å². The van der Waals surface area contributed by atoms with E-state index in [-0.39, 0.29) is 11.2 Å². The quantitative estimate of drug-likeness (QED) is 0.547. The van der Waals surface area contributed by atoms with Gasteiger partial charge in [0.1, 0.15) is 0 Å². The Morgan fingerprint density at radius 3 is 2.40 bits per heavy atom. The average Bonchev–Trinajstić information content (AvgIpc) is 1.86. The summed E-state index contributed by atoms with van der Waals surface area (Å²) < 4.78 is 0. The van der Waals surface area contributed by atoms with Crippen LogP contribution in [0.1, 0.15) is 32.6 Å². The first-order chi connectivity index (χ1) is 4.75. The predicted molar refractivity (Wildman–Crippen MR) is 41.8 cm³/mol. The van der Waals surface area contributed by atoms with Gasteiger partial charge in [-0.05, 0) is 25.3 Å². The molecule has 0 aromatic rings. The summed E-state index contributed by atoms with van der Waals surface area (Å²) >= 11 is 0. The van der Waals surface area contributed by atoms with Crippen molar-refractivity contribution < 1.29 is 4.79 Å². The van der Waals surface area contributed by atoms with Gasteiger partial charge in [-0.3, -0.25) is 4.79 Å². The van der Waals surface area contributed by atoms with E-state index in [4.69, 9.17) is 0 Å². The highest BCUT2D eigenvalue weighted by atomic mass is 16.1. The molecule has 1 aliphatic rings. The molecule has 10 heavy (non-hydrogen) atoms. The van der Waals surface area contributed by atoms with Crippen LogP contribution in [0.2, 0.25) is 0 Å². The molecule has 1 nitrogen and oxygen atoms in total. The summed E-state index contributed by atoms with van der Waals surface area (Å²) in [6, 6.07) is 0. The van der Waals surface area contributed by atoms with Gasteiger partial charge in [0.2, 0.25) is 0 Å². The highest BCUT2D eigenvalue weighted by Crippen LogP contribution is 2.44. The van der Waals surface area contributed by atoms with Gasteiger partial charge in [0.25, 0.3) is 0 Å². The molecule has 0 N–H and O–H groups in total. The second kappa shape index (κ2) is 2.57. The van der Waals surface area contributed by atoms with Gasteiger partial charge in [-0.1, -0.05) is 19.9 Å². The topological polar surface area (TPSA) is 17.1 Å². The molecule has 0 spiro atoms. The molecule has 0 aromatic heterocycles. The lowest BCUT2D eigenvalue weighted by Gasteiger charge is -2.38. The molecule has 1 saturated carbocycles. The van der Waals surface area contributed by atoms with E-state index in [1.54, 1.807) is 0 Å². The predicted octanol–water partition coefficient (Wildman–Crippen LogP) is 2.32. The minimum Gasteiger partial charge on any atom is -0.294 e. The molecule has 1 aliphatic carbocycles. The van der Waals surface area contributed by atoms with Crippen LogP contribution >= 0.6 is 0 Å². The smallest absolute Gasteiger partial charge is 0.161 e. The van der Waals surface area contributed by atoms with Gasteiger partial charge in [-0.2, -0.15) is 0 Å². The Morgan fingerprint density at radius 2 is 2.30 bits per heavy atom. The number of allylic oxidation sites excluding steroid dienone is 1. The van der Waals surface area contributed by atoms with Crippen molar-refractivity contribution in [2.75, 3.05) is 0 Å². The van der Waals surface area contributed by atoms with E-state index in [1.807, 2.05) is 0 Å². The Labute approximate surface area is 62.1 Å². The molecule has 0 unspecified atom stereocenters. The summed E-state index contributed by atoms with van der Waals surface area (Å²) in [6.07, 6.45) is 5.83. The third-order valence-electron chi connectivity index (χ3n) is 2.70. The van der Waals surface area contributed by atoms with Crippen LogP contribution in [-0.4, -0.2) is 5.78 Å². The zero-order valence-corrected chi connectivity index (χ0v) is 6.52. The monoisotopic (exact) mass is 138 g/mol. The largest absolute Gasteiger partial charge is 0.294 e. The average molecular weight is 138 g/mol. The van der Waals surface area contributed by atoms with Crippen molar-refractivity contribution in [2.24, 2.45) is 5.41 Å². The normalized spacial score (nSPS) is 21.3. The Hall–Kier alpha value is -0.590. The standard InChI is InChI=1S/C9H14O/c1-3-8(10)9(4-2)6-5-7-9/h3H,1,4-7H2,2H3. The summed E-state index contributed by atoms with van der Waals surface area (Å²) in [5.74, 6) is 0.251. The van der Waals surface area contributed by atoms with Crippen LogP contribution < -0.4 is 0 Å². The molecule has 0 amide bonds. The van der Waals surface area contributed by atoms with E-state index >= 15 is 0 Å². The molecule has 0 atom stereocenters. The highest BCUT2D eigenvalue weighted by molar-refractivity contribution is 5.94. The van der Waals surface area contributed by atoms with Crippen molar-refractivity contribution in [1.82, 2.24) is 0 Å². The van der Waals surface area contributed by atoms with E-state index in [9.17, 15) is 4.79 Å². The van der Waals surface area contributed by atoms with E-state index in [0.29, 0.717) is 0 Å². The van der Waals surface area contributed by atoms with Crippen LogP contribution in [0, 0.1) is 5.41 Å². The zero-order valence-electron chi connectivity index (χ0n) is 6.52. The van der Waals surface area contributed by atoms with Gasteiger partial charge in [0.15, 0.2) is 5.78 Å². The third kappa shape index (κ3) is 0.898. The lowest BCUT2D eigenvalue weighted by atomic mass is 9.64. The summed E-state index contributed by atoms with van der Waals surface area (Å²) in [4.78, 5) is 11.2. The van der Waals surface area contributed by atoms with Crippen molar-refractivity contribution >= 4 is 5.78 Å². The first kappa shape index (κ1) is 7.52. The summed E-state index contributed by atoms with van der Waals surface area (Å²) in [5, 5.41) is 0. The van der Waals surface area contributed by atoms with Gasteiger partial charge < -0.3 is 0 Å². The Kier molecular flexibility index (Phi) is 1.93. The highest BCUT2D eigenvalue weighted by Gasteiger charge is 2.40. The minimum atomic E-state index is 0.0156. The Bertz CT molecular complexity index is 149. The van der Waals surface area contributed by atoms with E-state index < -0.39 is 0 Å². The van der Waals surface area contributed by atoms with E-state index in [1.165, 1.54) is 12.5 Å². The van der Waals surface area contributed by atoms with Crippen LogP contribution in [0.4, 0.5) is 0 Å². The number of carbonyl (C=O) groups is 1. The van der Waals surface area contributed by atoms with Gasteiger partial charge >= 0.3 is 0 Å². The van der Waals surface area contributed by atoms with Gasteiger partial charge in [-0.15, -0.1) is 0 Å². The van der Waals surface area contributed by atoms with Crippen LogP contribution in [0.15, 0.2) is 12.7 Å². The maximum Gasteiger partial charge on any atom is 0.161 e. The van der Waals surface area contributed by atoms with Crippen LogP contribution in [0.25, 0.3) is 0 Å². The first-order valence-corrected chi connectivity index (χ1v) is 3.92. The molecule has 0 heterocycles. The third-order valence-corrected chi connectivity index (χ3v) is 2.70. The molecule has 0 bridgehead atoms. The molecule has 0 aliphatic heterocycles. The molecule has 0 radical (unpaired) electrons. The molecular formula is C9H14O. The van der Waals surface area contributed by atoms with Crippen LogP contribution in [-0.2, 0) is 4.79 Å². The van der Waals surface area contributed by atoms with Crippen LogP contribution in [0.3, 0.4) is 0 Å². The SMILES string of the molecule is C=CC(=O)C1(CC)CCC1. The number of ketones is 1. The molecule has 1 rings (SSSR count). The molecule has 1 fully saturated rings. The number of hydrogen-bond acceptors (Lipinski definition) is 1. The fraction of sp³-hybridized carbons (Fsp3) is 0.667. The lowest BCUT2D eigenvalue weighted by molar-refractivity contribution is -0.128. The molecule has 1 heteroatoms. The fourth-order valence-corrected chi connectivity index (χ4v) is 1.59. The molecule has 56 valence electrons. The molecule has 0 aromatic carbocycles. The van der Waals surface area contributed by atoms with E-state index in [0.717, 1.165) is 19.3 Å². The second-order valence-electron chi connectivity index (χ2n) is 3.06. The Morgan fingerprint density at radius 1 is 1.70 bits per heavy atom. The van der Waals surface area contributed by atoms with Crippen molar-refractivity contribution in [2.45, 2.75) is 32.6 Å². The van der Waals surface area contributed by atoms with Gasteiger partial charge in [-0.25, -0.2) is 0 Å². The minimum absolute atomic E-state index is 0.0156. The summed E-state index contributed by atoms with van der Waals surface area (Å²) in [7, 11) is 0. The maximum absolute atomic E-state index is 11.2. The summed E-state index contributed by atoms with van der Waals surface area (Å²) in [6.45, 7) is 5.59. The maximum atomic E-state index is 11.2. The second-order valence-corrected chi connectivity index (χ2v) is 3.06. The van der Waals surface area contributed by atoms with Gasteiger partial charge in [0, 0.05) is 5.41 Å². The summed E-state index contributed by atoms with van der Waals surface area (Å²) in [5.41, 5.74) is 0.0156. The van der Waals surface area contributed by atoms with Gasteiger partial charge in [0.05, 0.1) is 0 Å². The number of carbonyl (C=O) groups excluding carboxylic acids is 1. The first-order valence-electron chi connectivity index (χ1n) is 3.92. The van der Waals surface area contributed by atoms with Crippen molar-refractivity contribution in [1.29, 1.82) is 0 Å². The van der Waals surface area contributed by atoms with Crippen molar-refractivity contribution in [3.8, 4) is 0 Å². The Balaban J connectivity index is 2.64. The lowest BCUT2D eigenvalue weighted by Crippen LogP contribution is -2.36. The number of rotatable bonds is 3. The van der Waals surface area contributed by atoms with Crippen molar-refractivity contribution in [3.05, 3.63) is 12.7 Å². The zero-order chi connectivity index (χ0) is 7.61. The van der Waals surface area contributed by atoms with Crippen LogP contribution in [0.5, 0.6) is 0 Å². The molecular weight excluding hydrogens is 124 g/mol. The fourth-order valence-electron chi connectivity index (χ4n) is 1.59. The number of hydrogen-bond donors (Lipinski definition) is 0. The van der Waals surface area contributed by atoms with E-state index in [2.05, 4.69) is 13.5 Å².